The van der Waals surface area contributed by atoms with Gasteiger partial charge in [-0.15, -0.1) is 11.3 Å². The van der Waals surface area contributed by atoms with Crippen molar-refractivity contribution in [3.05, 3.63) is 76.6 Å². The van der Waals surface area contributed by atoms with E-state index in [2.05, 4.69) is 10.0 Å². The van der Waals surface area contributed by atoms with Gasteiger partial charge in [-0.3, -0.25) is 9.52 Å². The molecule has 7 nitrogen and oxygen atoms in total. The minimum atomic E-state index is -3.39. The zero-order valence-corrected chi connectivity index (χ0v) is 20.0. The van der Waals surface area contributed by atoms with Crippen molar-refractivity contribution in [2.75, 3.05) is 23.4 Å². The smallest absolute Gasteiger partial charge is 0.265 e. The highest BCUT2D eigenvalue weighted by atomic mass is 35.5. The molecule has 1 amide bonds. The summed E-state index contributed by atoms with van der Waals surface area (Å²) in [5, 5.41) is 3.99. The van der Waals surface area contributed by atoms with Crippen molar-refractivity contribution < 1.29 is 22.7 Å². The number of carbonyl (C=O) groups is 1. The number of hydrogen-bond donors (Lipinski definition) is 2. The van der Waals surface area contributed by atoms with Crippen LogP contribution in [-0.4, -0.2) is 27.7 Å². The van der Waals surface area contributed by atoms with Gasteiger partial charge in [0.25, 0.3) is 5.91 Å². The molecule has 0 radical (unpaired) electrons. The Bertz CT molecular complexity index is 1450. The van der Waals surface area contributed by atoms with Gasteiger partial charge in [-0.25, -0.2) is 8.42 Å². The number of sulfonamides is 1. The van der Waals surface area contributed by atoms with Gasteiger partial charge in [0.05, 0.1) is 18.2 Å². The number of benzene rings is 3. The number of methoxy groups -OCH3 is 1. The molecule has 0 saturated heterocycles. The van der Waals surface area contributed by atoms with Crippen LogP contribution in [0.15, 0.2) is 66.7 Å². The molecule has 0 aliphatic carbocycles. The number of anilines is 2. The van der Waals surface area contributed by atoms with Crippen molar-refractivity contribution in [1.82, 2.24) is 0 Å². The van der Waals surface area contributed by atoms with E-state index in [1.165, 1.54) is 11.3 Å². The first kappa shape index (κ1) is 22.9. The number of amides is 1. The predicted molar refractivity (Wildman–Crippen MR) is 133 cm³/mol. The number of hydrogen-bond acceptors (Lipinski definition) is 6. The minimum Gasteiger partial charge on any atom is -0.497 e. The lowest BCUT2D eigenvalue weighted by Crippen LogP contribution is -2.10. The van der Waals surface area contributed by atoms with Crippen LogP contribution in [0.2, 0.25) is 5.02 Å². The van der Waals surface area contributed by atoms with Gasteiger partial charge in [0.15, 0.2) is 0 Å². The number of carbonyl (C=O) groups excluding carboxylic acids is 1. The van der Waals surface area contributed by atoms with Crippen LogP contribution < -0.4 is 19.5 Å². The van der Waals surface area contributed by atoms with E-state index in [0.717, 1.165) is 16.3 Å². The first-order valence-electron chi connectivity index (χ1n) is 9.64. The average molecular weight is 503 g/mol. The Balaban J connectivity index is 1.53. The summed E-state index contributed by atoms with van der Waals surface area (Å²) < 4.78 is 37.3. The molecule has 1 heterocycles. The molecule has 0 unspecified atom stereocenters. The standard InChI is InChI=1S/C23H19ClN2O5S2/c1-30-18-4-3-5-19(13-18)31-20-11-15(24)10-17(12-20)25-23(27)22-9-14-8-16(26-33(2,28)29)6-7-21(14)32-22/h3-13,26H,1-2H3,(H,25,27). The lowest BCUT2D eigenvalue weighted by molar-refractivity contribution is 0.103. The fourth-order valence-corrected chi connectivity index (χ4v) is 4.84. The quantitative estimate of drug-likeness (QED) is 0.324. The molecule has 0 saturated carbocycles. The Kier molecular flexibility index (Phi) is 6.46. The Morgan fingerprint density at radius 2 is 1.73 bits per heavy atom. The van der Waals surface area contributed by atoms with E-state index in [0.29, 0.717) is 38.5 Å². The molecule has 1 aromatic heterocycles. The monoisotopic (exact) mass is 502 g/mol. The predicted octanol–water partition coefficient (Wildman–Crippen LogP) is 5.98. The molecule has 0 bridgehead atoms. The van der Waals surface area contributed by atoms with Gasteiger partial charge in [0, 0.05) is 33.2 Å². The molecule has 0 spiro atoms. The van der Waals surface area contributed by atoms with E-state index >= 15 is 0 Å². The molecule has 0 fully saturated rings. The lowest BCUT2D eigenvalue weighted by Gasteiger charge is -2.10. The second-order valence-corrected chi connectivity index (χ2v) is 10.4. The van der Waals surface area contributed by atoms with E-state index in [9.17, 15) is 13.2 Å². The molecule has 33 heavy (non-hydrogen) atoms. The number of halogens is 1. The third kappa shape index (κ3) is 5.95. The van der Waals surface area contributed by atoms with Crippen LogP contribution in [0.4, 0.5) is 11.4 Å². The maximum Gasteiger partial charge on any atom is 0.265 e. The van der Waals surface area contributed by atoms with E-state index in [4.69, 9.17) is 21.1 Å². The van der Waals surface area contributed by atoms with Crippen molar-refractivity contribution in [3.8, 4) is 17.2 Å². The summed E-state index contributed by atoms with van der Waals surface area (Å²) in [6.45, 7) is 0. The molecule has 3 aromatic carbocycles. The van der Waals surface area contributed by atoms with Gasteiger partial charge >= 0.3 is 0 Å². The highest BCUT2D eigenvalue weighted by Crippen LogP contribution is 2.32. The van der Waals surface area contributed by atoms with Crippen molar-refractivity contribution in [3.63, 3.8) is 0 Å². The minimum absolute atomic E-state index is 0.316. The molecular formula is C23H19ClN2O5S2. The van der Waals surface area contributed by atoms with E-state index in [-0.39, 0.29) is 5.91 Å². The van der Waals surface area contributed by atoms with Crippen molar-refractivity contribution >= 4 is 60.3 Å². The molecule has 4 rings (SSSR count). The highest BCUT2D eigenvalue weighted by molar-refractivity contribution is 7.92. The van der Waals surface area contributed by atoms with Gasteiger partial charge < -0.3 is 14.8 Å². The number of ether oxygens (including phenoxy) is 2. The van der Waals surface area contributed by atoms with Crippen molar-refractivity contribution in [2.24, 2.45) is 0 Å². The van der Waals surface area contributed by atoms with Gasteiger partial charge in [-0.1, -0.05) is 17.7 Å². The Labute approximate surface area is 200 Å². The van der Waals surface area contributed by atoms with Gasteiger partial charge in [0.2, 0.25) is 10.0 Å². The highest BCUT2D eigenvalue weighted by Gasteiger charge is 2.13. The Morgan fingerprint density at radius 1 is 0.939 bits per heavy atom. The number of nitrogens with one attached hydrogen (secondary N) is 2. The Morgan fingerprint density at radius 3 is 2.48 bits per heavy atom. The summed E-state index contributed by atoms with van der Waals surface area (Å²) in [6, 6.07) is 18.9. The van der Waals surface area contributed by atoms with Crippen LogP contribution in [0.25, 0.3) is 10.1 Å². The molecule has 0 aliphatic rings. The fraction of sp³-hybridized carbons (Fsp3) is 0.0870. The van der Waals surface area contributed by atoms with Crippen LogP contribution in [0, 0.1) is 0 Å². The van der Waals surface area contributed by atoms with Crippen molar-refractivity contribution in [2.45, 2.75) is 0 Å². The Hall–Kier alpha value is -3.27. The maximum absolute atomic E-state index is 12.8. The number of fused-ring (bicyclic) bond motifs is 1. The molecule has 4 aromatic rings. The SMILES string of the molecule is COc1cccc(Oc2cc(Cl)cc(NC(=O)c3cc4cc(NS(C)(=O)=O)ccc4s3)c2)c1. The van der Waals surface area contributed by atoms with Crippen LogP contribution in [0.1, 0.15) is 9.67 Å². The molecule has 170 valence electrons. The van der Waals surface area contributed by atoms with Crippen molar-refractivity contribution in [1.29, 1.82) is 0 Å². The van der Waals surface area contributed by atoms with Crippen LogP contribution in [-0.2, 0) is 10.0 Å². The van der Waals surface area contributed by atoms with Gasteiger partial charge in [-0.05, 0) is 53.9 Å². The second kappa shape index (κ2) is 9.30. The van der Waals surface area contributed by atoms with E-state index in [1.807, 2.05) is 6.07 Å². The zero-order valence-electron chi connectivity index (χ0n) is 17.6. The third-order valence-corrected chi connectivity index (χ3v) is 6.39. The van der Waals surface area contributed by atoms with Crippen LogP contribution in [0.3, 0.4) is 0 Å². The summed E-state index contributed by atoms with van der Waals surface area (Å²) in [7, 11) is -1.82. The topological polar surface area (TPSA) is 93.7 Å². The van der Waals surface area contributed by atoms with Crippen LogP contribution in [0.5, 0.6) is 17.2 Å². The number of rotatable bonds is 7. The molecule has 10 heteroatoms. The summed E-state index contributed by atoms with van der Waals surface area (Å²) in [6.07, 6.45) is 1.08. The molecule has 0 atom stereocenters. The first-order chi connectivity index (χ1) is 15.7. The summed E-state index contributed by atoms with van der Waals surface area (Å²) in [5.74, 6) is 1.36. The summed E-state index contributed by atoms with van der Waals surface area (Å²) in [4.78, 5) is 13.3. The largest absolute Gasteiger partial charge is 0.497 e. The van der Waals surface area contributed by atoms with E-state index in [1.54, 1.807) is 67.8 Å². The number of thiophene rings is 1. The fourth-order valence-electron chi connectivity index (χ4n) is 3.12. The third-order valence-electron chi connectivity index (χ3n) is 4.45. The van der Waals surface area contributed by atoms with Gasteiger partial charge in [0.1, 0.15) is 17.2 Å². The first-order valence-corrected chi connectivity index (χ1v) is 12.7. The maximum atomic E-state index is 12.8. The lowest BCUT2D eigenvalue weighted by atomic mass is 10.2. The van der Waals surface area contributed by atoms with Gasteiger partial charge in [-0.2, -0.15) is 0 Å². The molecule has 0 aliphatic heterocycles. The molecule has 2 N–H and O–H groups in total. The zero-order chi connectivity index (χ0) is 23.6. The summed E-state index contributed by atoms with van der Waals surface area (Å²) in [5.41, 5.74) is 0.909. The summed E-state index contributed by atoms with van der Waals surface area (Å²) >= 11 is 7.53. The van der Waals surface area contributed by atoms with Crippen LogP contribution >= 0.6 is 22.9 Å². The average Bonchev–Trinajstić information content (AvgIpc) is 3.16. The second-order valence-electron chi connectivity index (χ2n) is 7.15. The normalized spacial score (nSPS) is 11.2. The molecular weight excluding hydrogens is 484 g/mol. The van der Waals surface area contributed by atoms with E-state index < -0.39 is 10.0 Å².